The van der Waals surface area contributed by atoms with E-state index in [1.54, 1.807) is 54.8 Å². The summed E-state index contributed by atoms with van der Waals surface area (Å²) in [6.07, 6.45) is 6.39. The number of anilines is 1. The molecule has 2 aromatic carbocycles. The number of methoxy groups -OCH3 is 2. The molecule has 0 spiro atoms. The van der Waals surface area contributed by atoms with E-state index >= 15 is 0 Å². The smallest absolute Gasteiger partial charge is 0.355 e. The average Bonchev–Trinajstić information content (AvgIpc) is 3.15. The Kier molecular flexibility index (Phi) is 5.72. The largest absolute Gasteiger partial charge is 0.465 e. The molecule has 0 bridgehead atoms. The minimum Gasteiger partial charge on any atom is -0.465 e. The van der Waals surface area contributed by atoms with Crippen LogP contribution < -0.4 is 4.90 Å². The van der Waals surface area contributed by atoms with E-state index < -0.39 is 11.9 Å². The van der Waals surface area contributed by atoms with Gasteiger partial charge >= 0.3 is 11.9 Å². The molecule has 7 heteroatoms. The van der Waals surface area contributed by atoms with E-state index in [1.807, 2.05) is 18.2 Å². The minimum atomic E-state index is -0.705. The zero-order valence-corrected chi connectivity index (χ0v) is 17.4. The molecule has 0 amide bonds. The summed E-state index contributed by atoms with van der Waals surface area (Å²) in [4.78, 5) is 39.2. The fourth-order valence-electron chi connectivity index (χ4n) is 3.38. The normalized spacial score (nSPS) is 13.2. The van der Waals surface area contributed by atoms with Crippen LogP contribution in [-0.4, -0.2) is 31.9 Å². The number of ketones is 1. The van der Waals surface area contributed by atoms with Crippen LogP contribution in [0.25, 0.3) is 11.0 Å². The zero-order chi connectivity index (χ0) is 22.7. The van der Waals surface area contributed by atoms with E-state index in [0.29, 0.717) is 16.8 Å². The number of rotatable bonds is 5. The molecule has 4 rings (SSSR count). The van der Waals surface area contributed by atoms with Gasteiger partial charge in [-0.05, 0) is 48.6 Å². The summed E-state index contributed by atoms with van der Waals surface area (Å²) >= 11 is 0. The molecular weight excluding hydrogens is 410 g/mol. The monoisotopic (exact) mass is 429 g/mol. The fraction of sp³-hybridized carbons (Fsp3) is 0.0800. The third-order valence-corrected chi connectivity index (χ3v) is 4.95. The number of allylic oxidation sites excluding steroid dienone is 2. The van der Waals surface area contributed by atoms with Gasteiger partial charge in [0.25, 0.3) is 0 Å². The number of hydrogen-bond acceptors (Lipinski definition) is 7. The van der Waals surface area contributed by atoms with Gasteiger partial charge in [-0.3, -0.25) is 4.79 Å². The van der Waals surface area contributed by atoms with E-state index in [4.69, 9.17) is 13.9 Å². The summed E-state index contributed by atoms with van der Waals surface area (Å²) < 4.78 is 15.4. The third kappa shape index (κ3) is 3.83. The Labute approximate surface area is 183 Å². The highest BCUT2D eigenvalue weighted by Crippen LogP contribution is 2.28. The number of carbonyl (C=O) groups excluding carboxylic acids is 3. The Balaban J connectivity index is 1.69. The van der Waals surface area contributed by atoms with Crippen LogP contribution in [0.5, 0.6) is 0 Å². The maximum atomic E-state index is 12.9. The molecule has 0 unspecified atom stereocenters. The van der Waals surface area contributed by atoms with Gasteiger partial charge in [-0.2, -0.15) is 0 Å². The fourth-order valence-corrected chi connectivity index (χ4v) is 3.38. The molecule has 32 heavy (non-hydrogen) atoms. The number of para-hydroxylation sites is 1. The molecular formula is C25H19NO6. The Hall–Kier alpha value is -4.39. The van der Waals surface area contributed by atoms with E-state index in [1.165, 1.54) is 25.2 Å². The van der Waals surface area contributed by atoms with Crippen molar-refractivity contribution >= 4 is 34.4 Å². The molecule has 1 aliphatic heterocycles. The molecule has 0 saturated heterocycles. The van der Waals surface area contributed by atoms with Crippen molar-refractivity contribution in [1.29, 1.82) is 0 Å². The Morgan fingerprint density at radius 2 is 1.59 bits per heavy atom. The summed E-state index contributed by atoms with van der Waals surface area (Å²) in [6, 6.07) is 15.7. The summed E-state index contributed by atoms with van der Waals surface area (Å²) in [7, 11) is 2.47. The summed E-state index contributed by atoms with van der Waals surface area (Å²) in [5.74, 6) is -1.41. The molecule has 2 heterocycles. The number of esters is 2. The van der Waals surface area contributed by atoms with E-state index in [-0.39, 0.29) is 22.8 Å². The highest BCUT2D eigenvalue weighted by Gasteiger charge is 2.27. The van der Waals surface area contributed by atoms with Gasteiger partial charge in [-0.15, -0.1) is 0 Å². The number of hydrogen-bond donors (Lipinski definition) is 0. The lowest BCUT2D eigenvalue weighted by molar-refractivity contribution is -0.139. The molecule has 7 nitrogen and oxygen atoms in total. The highest BCUT2D eigenvalue weighted by atomic mass is 16.5. The lowest BCUT2D eigenvalue weighted by Crippen LogP contribution is -2.27. The molecule has 3 aromatic rings. The number of benzene rings is 2. The highest BCUT2D eigenvalue weighted by molar-refractivity contribution is 6.09. The first kappa shape index (κ1) is 20.9. The van der Waals surface area contributed by atoms with Gasteiger partial charge in [0.05, 0.1) is 19.8 Å². The quantitative estimate of drug-likeness (QED) is 0.445. The van der Waals surface area contributed by atoms with Crippen LogP contribution in [0, 0.1) is 0 Å². The first-order chi connectivity index (χ1) is 15.5. The summed E-state index contributed by atoms with van der Waals surface area (Å²) in [5, 5.41) is 0.845. The second-order valence-electron chi connectivity index (χ2n) is 6.84. The summed E-state index contributed by atoms with van der Waals surface area (Å²) in [6.45, 7) is 0. The maximum Gasteiger partial charge on any atom is 0.355 e. The van der Waals surface area contributed by atoms with Crippen molar-refractivity contribution in [3.05, 3.63) is 102 Å². The molecule has 0 saturated carbocycles. The minimum absolute atomic E-state index is 0.000658. The van der Waals surface area contributed by atoms with Crippen LogP contribution in [0.1, 0.15) is 16.1 Å². The number of nitrogens with zero attached hydrogens (tertiary/aromatic N) is 1. The first-order valence-corrected chi connectivity index (χ1v) is 9.72. The molecule has 1 aliphatic rings. The second-order valence-corrected chi connectivity index (χ2v) is 6.84. The number of ether oxygens (including phenoxy) is 2. The van der Waals surface area contributed by atoms with Gasteiger partial charge in [0.15, 0.2) is 5.76 Å². The van der Waals surface area contributed by atoms with Crippen molar-refractivity contribution in [2.24, 2.45) is 0 Å². The second kappa shape index (κ2) is 8.77. The molecule has 0 atom stereocenters. The van der Waals surface area contributed by atoms with Crippen LogP contribution in [-0.2, 0) is 19.1 Å². The van der Waals surface area contributed by atoms with E-state index in [0.717, 1.165) is 5.39 Å². The zero-order valence-electron chi connectivity index (χ0n) is 17.4. The maximum absolute atomic E-state index is 12.9. The van der Waals surface area contributed by atoms with E-state index in [2.05, 4.69) is 0 Å². The molecule has 0 aliphatic carbocycles. The number of fused-ring (bicyclic) bond motifs is 1. The van der Waals surface area contributed by atoms with Crippen LogP contribution in [0.15, 0.2) is 94.7 Å². The lowest BCUT2D eigenvalue weighted by atomic mass is 10.1. The molecule has 1 aromatic heterocycles. The van der Waals surface area contributed by atoms with Crippen molar-refractivity contribution < 1.29 is 28.3 Å². The summed E-state index contributed by atoms with van der Waals surface area (Å²) in [5.41, 5.74) is 1.65. The van der Waals surface area contributed by atoms with Gasteiger partial charge in [0.2, 0.25) is 5.78 Å². The Morgan fingerprint density at radius 1 is 0.875 bits per heavy atom. The standard InChI is InChI=1S/C25H19NO6/c1-30-24(28)19-8-5-6-14-26(22(19)25(29)31-2)18-12-10-16(11-13-18)23(27)21-15-17-7-3-4-9-20(17)32-21/h3-15H,1-2H3. The third-order valence-electron chi connectivity index (χ3n) is 4.95. The molecule has 0 N–H and O–H groups in total. The van der Waals surface area contributed by atoms with Gasteiger partial charge < -0.3 is 18.8 Å². The molecule has 160 valence electrons. The van der Waals surface area contributed by atoms with Gasteiger partial charge in [0.1, 0.15) is 11.3 Å². The Bertz CT molecular complexity index is 1260. The van der Waals surface area contributed by atoms with Crippen molar-refractivity contribution in [2.75, 3.05) is 19.1 Å². The van der Waals surface area contributed by atoms with Crippen molar-refractivity contribution in [1.82, 2.24) is 0 Å². The van der Waals surface area contributed by atoms with Crippen LogP contribution in [0.2, 0.25) is 0 Å². The molecule has 0 radical (unpaired) electrons. The number of furan rings is 1. The first-order valence-electron chi connectivity index (χ1n) is 9.72. The van der Waals surface area contributed by atoms with Gasteiger partial charge in [-0.1, -0.05) is 24.3 Å². The van der Waals surface area contributed by atoms with Gasteiger partial charge in [0, 0.05) is 22.8 Å². The topological polar surface area (TPSA) is 86.1 Å². The Morgan fingerprint density at radius 3 is 2.28 bits per heavy atom. The van der Waals surface area contributed by atoms with Crippen LogP contribution >= 0.6 is 0 Å². The van der Waals surface area contributed by atoms with E-state index in [9.17, 15) is 14.4 Å². The molecule has 0 fully saturated rings. The van der Waals surface area contributed by atoms with Crippen molar-refractivity contribution in [3.63, 3.8) is 0 Å². The SMILES string of the molecule is COC(=O)C1=C(C(=O)OC)N(c2ccc(C(=O)c3cc4ccccc4o3)cc2)C=CC=C1. The van der Waals surface area contributed by atoms with Crippen molar-refractivity contribution in [2.45, 2.75) is 0 Å². The van der Waals surface area contributed by atoms with Crippen LogP contribution in [0.4, 0.5) is 5.69 Å². The van der Waals surface area contributed by atoms with Crippen molar-refractivity contribution in [3.8, 4) is 0 Å². The number of carbonyl (C=O) groups is 3. The predicted molar refractivity (Wildman–Crippen MR) is 118 cm³/mol. The van der Waals surface area contributed by atoms with Gasteiger partial charge in [-0.25, -0.2) is 9.59 Å². The predicted octanol–water partition coefficient (Wildman–Crippen LogP) is 4.15. The average molecular weight is 429 g/mol. The van der Waals surface area contributed by atoms with Crippen LogP contribution in [0.3, 0.4) is 0 Å². The lowest BCUT2D eigenvalue weighted by Gasteiger charge is -2.23.